The molecule has 1 saturated heterocycles. The van der Waals surface area contributed by atoms with Crippen LogP contribution in [0.3, 0.4) is 0 Å². The molecule has 1 aliphatic heterocycles. The summed E-state index contributed by atoms with van der Waals surface area (Å²) >= 11 is 2.19. The summed E-state index contributed by atoms with van der Waals surface area (Å²) in [4.78, 5) is 2.83. The molecule has 104 valence electrons. The Hall–Kier alpha value is 0.270. The molecule has 1 N–H and O–H groups in total. The van der Waals surface area contributed by atoms with E-state index in [-0.39, 0.29) is 0 Å². The highest BCUT2D eigenvalue weighted by atomic mass is 32.2. The van der Waals surface area contributed by atoms with Crippen LogP contribution in [0.5, 0.6) is 0 Å². The molecule has 3 rings (SSSR count). The predicted octanol–water partition coefficient (Wildman–Crippen LogP) is 2.73. The van der Waals surface area contributed by atoms with Crippen LogP contribution < -0.4 is 5.32 Å². The molecular formula is C15H28N2S. The third kappa shape index (κ3) is 3.23. The minimum Gasteiger partial charge on any atom is -0.312 e. The summed E-state index contributed by atoms with van der Waals surface area (Å²) < 4.78 is 0. The van der Waals surface area contributed by atoms with Gasteiger partial charge < -0.3 is 5.32 Å². The third-order valence-corrected chi connectivity index (χ3v) is 6.16. The minimum atomic E-state index is 0.811. The first-order valence-electron chi connectivity index (χ1n) is 7.96. The lowest BCUT2D eigenvalue weighted by Crippen LogP contribution is -2.43. The van der Waals surface area contributed by atoms with Crippen molar-refractivity contribution in [1.29, 1.82) is 0 Å². The lowest BCUT2D eigenvalue weighted by molar-refractivity contribution is 0.190. The quantitative estimate of drug-likeness (QED) is 0.844. The van der Waals surface area contributed by atoms with Crippen molar-refractivity contribution >= 4 is 11.8 Å². The molecule has 1 heterocycles. The monoisotopic (exact) mass is 268 g/mol. The molecule has 0 bridgehead atoms. The van der Waals surface area contributed by atoms with E-state index in [0.29, 0.717) is 0 Å². The molecule has 3 aliphatic rings. The first-order valence-corrected chi connectivity index (χ1v) is 9.00. The zero-order valence-electron chi connectivity index (χ0n) is 11.7. The van der Waals surface area contributed by atoms with E-state index in [1.165, 1.54) is 63.9 Å². The van der Waals surface area contributed by atoms with E-state index in [9.17, 15) is 0 Å². The fraction of sp³-hybridized carbons (Fsp3) is 1.00. The molecule has 0 amide bonds. The van der Waals surface area contributed by atoms with Crippen molar-refractivity contribution in [2.24, 2.45) is 5.92 Å². The Kier molecular flexibility index (Phi) is 4.53. The number of hydrogen-bond acceptors (Lipinski definition) is 3. The second-order valence-electron chi connectivity index (χ2n) is 6.29. The first-order chi connectivity index (χ1) is 8.86. The summed E-state index contributed by atoms with van der Waals surface area (Å²) in [6.07, 6.45) is 8.67. The van der Waals surface area contributed by atoms with Crippen LogP contribution >= 0.6 is 11.8 Å². The molecule has 3 atom stereocenters. The summed E-state index contributed by atoms with van der Waals surface area (Å²) in [7, 11) is 0. The lowest BCUT2D eigenvalue weighted by atomic mass is 10.1. The summed E-state index contributed by atoms with van der Waals surface area (Å²) in [5.74, 6) is 2.30. The van der Waals surface area contributed by atoms with Gasteiger partial charge in [-0.3, -0.25) is 4.90 Å². The van der Waals surface area contributed by atoms with Crippen molar-refractivity contribution in [3.05, 3.63) is 0 Å². The van der Waals surface area contributed by atoms with E-state index in [1.54, 1.807) is 0 Å². The number of rotatable bonds is 4. The van der Waals surface area contributed by atoms with Gasteiger partial charge in [0.25, 0.3) is 0 Å². The van der Waals surface area contributed by atoms with Crippen molar-refractivity contribution in [2.75, 3.05) is 25.4 Å². The normalized spacial score (nSPS) is 38.8. The van der Waals surface area contributed by atoms with Crippen LogP contribution in [0.4, 0.5) is 0 Å². The standard InChI is InChI=1S/C15H28N2S/c1-2-18-14-7-6-13(10-14)17-9-3-8-16-15(11-17)12-4-5-12/h12-16H,2-11H2,1H3. The second kappa shape index (κ2) is 6.15. The average molecular weight is 268 g/mol. The number of hydrogen-bond donors (Lipinski definition) is 1. The fourth-order valence-electron chi connectivity index (χ4n) is 3.76. The largest absolute Gasteiger partial charge is 0.312 e. The van der Waals surface area contributed by atoms with E-state index in [2.05, 4.69) is 28.9 Å². The van der Waals surface area contributed by atoms with Crippen molar-refractivity contribution < 1.29 is 0 Å². The highest BCUT2D eigenvalue weighted by Gasteiger charge is 2.36. The maximum absolute atomic E-state index is 3.79. The van der Waals surface area contributed by atoms with Crippen molar-refractivity contribution in [3.8, 4) is 0 Å². The molecule has 3 heteroatoms. The van der Waals surface area contributed by atoms with Crippen molar-refractivity contribution in [1.82, 2.24) is 10.2 Å². The summed E-state index contributed by atoms with van der Waals surface area (Å²) in [5, 5.41) is 4.74. The average Bonchev–Trinajstić information content (AvgIpc) is 3.15. The Morgan fingerprint density at radius 1 is 1.22 bits per heavy atom. The van der Waals surface area contributed by atoms with Gasteiger partial charge in [0.15, 0.2) is 0 Å². The molecule has 0 aromatic carbocycles. The van der Waals surface area contributed by atoms with Gasteiger partial charge in [-0.1, -0.05) is 6.92 Å². The van der Waals surface area contributed by atoms with Crippen LogP contribution in [0.2, 0.25) is 0 Å². The van der Waals surface area contributed by atoms with E-state index in [4.69, 9.17) is 0 Å². The molecule has 3 fully saturated rings. The third-order valence-electron chi connectivity index (χ3n) is 4.93. The zero-order valence-corrected chi connectivity index (χ0v) is 12.6. The molecule has 2 aliphatic carbocycles. The SMILES string of the molecule is CCSC1CCC(N2CCCNC(C3CC3)C2)C1. The number of nitrogens with one attached hydrogen (secondary N) is 1. The molecule has 2 nitrogen and oxygen atoms in total. The number of nitrogens with zero attached hydrogens (tertiary/aromatic N) is 1. The van der Waals surface area contributed by atoms with Crippen LogP contribution in [0.15, 0.2) is 0 Å². The van der Waals surface area contributed by atoms with Gasteiger partial charge in [-0.2, -0.15) is 11.8 Å². The Morgan fingerprint density at radius 2 is 2.11 bits per heavy atom. The summed E-state index contributed by atoms with van der Waals surface area (Å²) in [6, 6.07) is 1.71. The summed E-state index contributed by atoms with van der Waals surface area (Å²) in [5.41, 5.74) is 0. The van der Waals surface area contributed by atoms with E-state index >= 15 is 0 Å². The topological polar surface area (TPSA) is 15.3 Å². The molecule has 18 heavy (non-hydrogen) atoms. The Morgan fingerprint density at radius 3 is 2.89 bits per heavy atom. The Labute approximate surface area is 116 Å². The molecular weight excluding hydrogens is 240 g/mol. The van der Waals surface area contributed by atoms with Gasteiger partial charge in [-0.25, -0.2) is 0 Å². The van der Waals surface area contributed by atoms with Crippen molar-refractivity contribution in [2.45, 2.75) is 62.8 Å². The fourth-order valence-corrected chi connectivity index (χ4v) is 4.89. The Balaban J connectivity index is 1.54. The number of thioether (sulfide) groups is 1. The van der Waals surface area contributed by atoms with Gasteiger partial charge in [-0.15, -0.1) is 0 Å². The maximum Gasteiger partial charge on any atom is 0.0223 e. The summed E-state index contributed by atoms with van der Waals surface area (Å²) in [6.45, 7) is 6.22. The van der Waals surface area contributed by atoms with Gasteiger partial charge in [0.05, 0.1) is 0 Å². The van der Waals surface area contributed by atoms with E-state index < -0.39 is 0 Å². The van der Waals surface area contributed by atoms with Crippen LogP contribution in [0.1, 0.15) is 45.4 Å². The van der Waals surface area contributed by atoms with Gasteiger partial charge in [0.2, 0.25) is 0 Å². The molecule has 2 saturated carbocycles. The van der Waals surface area contributed by atoms with Gasteiger partial charge >= 0.3 is 0 Å². The van der Waals surface area contributed by atoms with E-state index in [0.717, 1.165) is 23.3 Å². The minimum absolute atomic E-state index is 0.811. The van der Waals surface area contributed by atoms with Crippen LogP contribution in [-0.2, 0) is 0 Å². The van der Waals surface area contributed by atoms with Gasteiger partial charge in [0, 0.05) is 23.9 Å². The van der Waals surface area contributed by atoms with E-state index in [1.807, 2.05) is 0 Å². The predicted molar refractivity (Wildman–Crippen MR) is 80.3 cm³/mol. The second-order valence-corrected chi connectivity index (χ2v) is 7.87. The first kappa shape index (κ1) is 13.3. The van der Waals surface area contributed by atoms with Crippen molar-refractivity contribution in [3.63, 3.8) is 0 Å². The lowest BCUT2D eigenvalue weighted by Gasteiger charge is -2.30. The molecule has 0 aromatic rings. The van der Waals surface area contributed by atoms with Crippen LogP contribution in [0.25, 0.3) is 0 Å². The molecule has 0 spiro atoms. The van der Waals surface area contributed by atoms with Gasteiger partial charge in [0.1, 0.15) is 0 Å². The van der Waals surface area contributed by atoms with Gasteiger partial charge in [-0.05, 0) is 63.3 Å². The smallest absolute Gasteiger partial charge is 0.0223 e. The highest BCUT2D eigenvalue weighted by Crippen LogP contribution is 2.36. The molecule has 3 unspecified atom stereocenters. The van der Waals surface area contributed by atoms with Crippen LogP contribution in [0, 0.1) is 5.92 Å². The highest BCUT2D eigenvalue weighted by molar-refractivity contribution is 7.99. The zero-order chi connectivity index (χ0) is 12.4. The molecule has 0 radical (unpaired) electrons. The Bertz CT molecular complexity index is 267. The molecule has 0 aromatic heterocycles. The van der Waals surface area contributed by atoms with Crippen LogP contribution in [-0.4, -0.2) is 47.6 Å². The maximum atomic E-state index is 3.79.